The van der Waals surface area contributed by atoms with Crippen molar-refractivity contribution < 1.29 is 4.92 Å². The van der Waals surface area contributed by atoms with Gasteiger partial charge >= 0.3 is 0 Å². The van der Waals surface area contributed by atoms with Gasteiger partial charge in [-0.15, -0.1) is 0 Å². The van der Waals surface area contributed by atoms with Gasteiger partial charge in [0.2, 0.25) is 0 Å². The monoisotopic (exact) mass is 328 g/mol. The summed E-state index contributed by atoms with van der Waals surface area (Å²) in [6.45, 7) is 0. The van der Waals surface area contributed by atoms with E-state index in [1.165, 1.54) is 39.4 Å². The summed E-state index contributed by atoms with van der Waals surface area (Å²) in [7, 11) is 3.19. The molecule has 0 amide bonds. The van der Waals surface area contributed by atoms with E-state index in [1.54, 1.807) is 16.9 Å². The van der Waals surface area contributed by atoms with Crippen LogP contribution >= 0.6 is 21.6 Å². The lowest BCUT2D eigenvalue weighted by Crippen LogP contribution is -1.88. The van der Waals surface area contributed by atoms with Gasteiger partial charge in [-0.1, -0.05) is 53.3 Å². The van der Waals surface area contributed by atoms with Crippen LogP contribution in [0, 0.1) is 10.1 Å². The number of rotatable bonds is 5. The lowest BCUT2D eigenvalue weighted by Gasteiger charge is -2.03. The van der Waals surface area contributed by atoms with Crippen LogP contribution in [0.5, 0.6) is 0 Å². The molecule has 0 unspecified atom stereocenters. The molecular formula is C16H12N2O2S2. The van der Waals surface area contributed by atoms with Crippen LogP contribution in [0.3, 0.4) is 0 Å². The molecule has 0 aliphatic rings. The van der Waals surface area contributed by atoms with Gasteiger partial charge in [0.05, 0.1) is 4.92 Å². The molecule has 0 bridgehead atoms. The summed E-state index contributed by atoms with van der Waals surface area (Å²) in [6, 6.07) is 17.9. The second-order valence-corrected chi connectivity index (χ2v) is 6.96. The third-order valence-corrected chi connectivity index (χ3v) is 5.32. The average molecular weight is 328 g/mol. The Morgan fingerprint density at radius 3 is 2.59 bits per heavy atom. The van der Waals surface area contributed by atoms with Gasteiger partial charge in [-0.3, -0.25) is 10.1 Å². The molecule has 4 nitrogen and oxygen atoms in total. The summed E-state index contributed by atoms with van der Waals surface area (Å²) in [5.74, 6) is 0.855. The summed E-state index contributed by atoms with van der Waals surface area (Å²) < 4.78 is 0. The highest BCUT2D eigenvalue weighted by atomic mass is 33.1. The van der Waals surface area contributed by atoms with Crippen LogP contribution < -0.4 is 0 Å². The Balaban J connectivity index is 1.60. The minimum Gasteiger partial charge on any atom is -0.258 e. The number of aromatic nitrogens is 1. The highest BCUT2D eigenvalue weighted by Gasteiger charge is 2.06. The predicted octanol–water partition coefficient (Wildman–Crippen LogP) is 5.08. The molecule has 2 aromatic carbocycles. The first-order chi connectivity index (χ1) is 10.7. The Labute approximate surface area is 135 Å². The van der Waals surface area contributed by atoms with Crippen LogP contribution in [0.25, 0.3) is 10.8 Å². The number of nitro groups is 1. The molecule has 0 atom stereocenters. The minimum absolute atomic E-state index is 0.0175. The van der Waals surface area contributed by atoms with Crippen LogP contribution in [0.1, 0.15) is 5.56 Å². The summed E-state index contributed by atoms with van der Waals surface area (Å²) in [5.41, 5.74) is 1.27. The SMILES string of the molecule is O=[N+]([O-])c1ccc(SSCc2ccc3ccccc3c2)nc1. The zero-order chi connectivity index (χ0) is 15.4. The van der Waals surface area contributed by atoms with E-state index in [0.717, 1.165) is 10.8 Å². The maximum Gasteiger partial charge on any atom is 0.287 e. The molecule has 0 saturated carbocycles. The van der Waals surface area contributed by atoms with Crippen molar-refractivity contribution in [1.82, 2.24) is 4.98 Å². The van der Waals surface area contributed by atoms with E-state index >= 15 is 0 Å². The number of benzene rings is 2. The topological polar surface area (TPSA) is 56.0 Å². The second kappa shape index (κ2) is 6.81. The van der Waals surface area contributed by atoms with Gasteiger partial charge in [-0.2, -0.15) is 0 Å². The summed E-state index contributed by atoms with van der Waals surface area (Å²) in [6.07, 6.45) is 1.29. The van der Waals surface area contributed by atoms with E-state index in [9.17, 15) is 10.1 Å². The van der Waals surface area contributed by atoms with Crippen molar-refractivity contribution in [3.8, 4) is 0 Å². The lowest BCUT2D eigenvalue weighted by atomic mass is 10.1. The molecule has 0 spiro atoms. The second-order valence-electron chi connectivity index (χ2n) is 4.64. The van der Waals surface area contributed by atoms with E-state index < -0.39 is 4.92 Å². The van der Waals surface area contributed by atoms with Gasteiger partial charge in [0.1, 0.15) is 11.2 Å². The van der Waals surface area contributed by atoms with Crippen molar-refractivity contribution >= 4 is 38.0 Å². The highest BCUT2D eigenvalue weighted by molar-refractivity contribution is 8.76. The largest absolute Gasteiger partial charge is 0.287 e. The molecule has 1 aromatic heterocycles. The van der Waals surface area contributed by atoms with E-state index in [-0.39, 0.29) is 5.69 Å². The third-order valence-electron chi connectivity index (χ3n) is 3.12. The van der Waals surface area contributed by atoms with Crippen LogP contribution in [-0.4, -0.2) is 9.91 Å². The van der Waals surface area contributed by atoms with Crippen molar-refractivity contribution in [1.29, 1.82) is 0 Å². The number of hydrogen-bond donors (Lipinski definition) is 0. The maximum absolute atomic E-state index is 10.6. The van der Waals surface area contributed by atoms with Crippen molar-refractivity contribution in [2.45, 2.75) is 10.8 Å². The average Bonchev–Trinajstić information content (AvgIpc) is 2.55. The van der Waals surface area contributed by atoms with Gasteiger partial charge in [-0.25, -0.2) is 4.98 Å². The Bertz CT molecular complexity index is 807. The fourth-order valence-corrected chi connectivity index (χ4v) is 3.97. The van der Waals surface area contributed by atoms with Gasteiger partial charge in [0.25, 0.3) is 5.69 Å². The molecule has 22 heavy (non-hydrogen) atoms. The predicted molar refractivity (Wildman–Crippen MR) is 92.0 cm³/mol. The van der Waals surface area contributed by atoms with E-state index in [0.29, 0.717) is 0 Å². The van der Waals surface area contributed by atoms with Crippen LogP contribution in [0.2, 0.25) is 0 Å². The van der Waals surface area contributed by atoms with Gasteiger partial charge in [-0.05, 0) is 33.2 Å². The van der Waals surface area contributed by atoms with Crippen LogP contribution in [-0.2, 0) is 5.75 Å². The molecule has 0 aliphatic carbocycles. The zero-order valence-corrected chi connectivity index (χ0v) is 13.1. The Morgan fingerprint density at radius 2 is 1.86 bits per heavy atom. The Hall–Kier alpha value is -2.05. The lowest BCUT2D eigenvalue weighted by molar-refractivity contribution is -0.385. The molecule has 1 heterocycles. The molecule has 0 aliphatic heterocycles. The van der Waals surface area contributed by atoms with Crippen LogP contribution in [0.4, 0.5) is 5.69 Å². The molecule has 3 rings (SSSR count). The number of hydrogen-bond acceptors (Lipinski definition) is 5. The normalized spacial score (nSPS) is 10.7. The van der Waals surface area contributed by atoms with Crippen molar-refractivity contribution in [2.75, 3.05) is 0 Å². The summed E-state index contributed by atoms with van der Waals surface area (Å²) in [4.78, 5) is 14.2. The molecule has 110 valence electrons. The molecule has 0 radical (unpaired) electrons. The smallest absolute Gasteiger partial charge is 0.258 e. The van der Waals surface area contributed by atoms with Crippen molar-refractivity contribution in [3.63, 3.8) is 0 Å². The van der Waals surface area contributed by atoms with Crippen molar-refractivity contribution in [2.24, 2.45) is 0 Å². The maximum atomic E-state index is 10.6. The van der Waals surface area contributed by atoms with E-state index in [4.69, 9.17) is 0 Å². The first kappa shape index (κ1) is 14.9. The van der Waals surface area contributed by atoms with Gasteiger partial charge in [0.15, 0.2) is 0 Å². The van der Waals surface area contributed by atoms with Crippen LogP contribution in [0.15, 0.2) is 65.8 Å². The molecular weight excluding hydrogens is 316 g/mol. The molecule has 0 N–H and O–H groups in total. The minimum atomic E-state index is -0.441. The number of fused-ring (bicyclic) bond motifs is 1. The fraction of sp³-hybridized carbons (Fsp3) is 0.0625. The van der Waals surface area contributed by atoms with E-state index in [1.807, 2.05) is 12.1 Å². The third kappa shape index (κ3) is 3.58. The first-order valence-electron chi connectivity index (χ1n) is 6.60. The molecule has 0 saturated heterocycles. The van der Waals surface area contributed by atoms with Crippen molar-refractivity contribution in [3.05, 3.63) is 76.5 Å². The standard InChI is InChI=1S/C16H12N2O2S2/c19-18(20)15-7-8-16(17-10-15)22-21-11-12-5-6-13-3-1-2-4-14(13)9-12/h1-10H,11H2. The molecule has 3 aromatic rings. The quantitative estimate of drug-likeness (QED) is 0.371. The fourth-order valence-electron chi connectivity index (χ4n) is 2.02. The highest BCUT2D eigenvalue weighted by Crippen LogP contribution is 2.33. The number of nitrogens with zero attached hydrogens (tertiary/aromatic N) is 2. The summed E-state index contributed by atoms with van der Waals surface area (Å²) in [5, 5.41) is 13.8. The molecule has 0 fully saturated rings. The first-order valence-corrected chi connectivity index (χ1v) is 8.92. The summed E-state index contributed by atoms with van der Waals surface area (Å²) >= 11 is 0. The number of pyridine rings is 1. The van der Waals surface area contributed by atoms with Gasteiger partial charge in [0, 0.05) is 11.8 Å². The Morgan fingerprint density at radius 1 is 1.05 bits per heavy atom. The molecule has 6 heteroatoms. The Kier molecular flexibility index (Phi) is 4.60. The zero-order valence-electron chi connectivity index (χ0n) is 11.5. The van der Waals surface area contributed by atoms with E-state index in [2.05, 4.69) is 35.3 Å². The van der Waals surface area contributed by atoms with Gasteiger partial charge < -0.3 is 0 Å².